The van der Waals surface area contributed by atoms with Crippen LogP contribution in [0, 0.1) is 12.9 Å². The number of nitrogens with two attached hydrogens (primary N) is 1. The molecule has 1 rings (SSSR count). The standard InChI is InChI=1S/C7H8FN/c1-9-7-4-2-6(8)3-5-7/h2-5H,1,9H2. The van der Waals surface area contributed by atoms with Crippen LogP contribution in [0.25, 0.3) is 0 Å². The molecule has 0 aromatic heterocycles. The van der Waals surface area contributed by atoms with Crippen LogP contribution in [0.4, 0.5) is 10.1 Å². The van der Waals surface area contributed by atoms with Crippen molar-refractivity contribution < 1.29 is 9.71 Å². The summed E-state index contributed by atoms with van der Waals surface area (Å²) in [4.78, 5) is 0. The molecular formula is C7H8FN. The molecule has 0 aliphatic heterocycles. The van der Waals surface area contributed by atoms with Crippen LogP contribution < -0.4 is 5.32 Å². The maximum atomic E-state index is 12.2. The topological polar surface area (TPSA) is 16.6 Å². The highest BCUT2D eigenvalue weighted by Gasteiger charge is 1.88. The molecule has 1 aromatic carbocycles. The molecule has 48 valence electrons. The van der Waals surface area contributed by atoms with E-state index in [1.165, 1.54) is 12.1 Å². The van der Waals surface area contributed by atoms with Crippen molar-refractivity contribution in [2.24, 2.45) is 0 Å². The molecule has 9 heavy (non-hydrogen) atoms. The summed E-state index contributed by atoms with van der Waals surface area (Å²) in [5, 5.41) is 1.68. The number of hydrogen-bond donors (Lipinski definition) is 1. The van der Waals surface area contributed by atoms with Gasteiger partial charge in [0.2, 0.25) is 0 Å². The fourth-order valence-electron chi connectivity index (χ4n) is 0.599. The molecule has 2 heteroatoms. The van der Waals surface area contributed by atoms with Crippen LogP contribution in [0.3, 0.4) is 0 Å². The SMILES string of the molecule is [CH2-][NH2+]c1ccc(F)cc1. The number of quaternary nitrogens is 1. The predicted octanol–water partition coefficient (Wildman–Crippen LogP) is 0.812. The lowest BCUT2D eigenvalue weighted by molar-refractivity contribution is -0.504. The lowest BCUT2D eigenvalue weighted by Gasteiger charge is -1.95. The van der Waals surface area contributed by atoms with E-state index in [0.717, 1.165) is 5.69 Å². The molecule has 0 atom stereocenters. The molecule has 0 bridgehead atoms. The van der Waals surface area contributed by atoms with E-state index >= 15 is 0 Å². The van der Waals surface area contributed by atoms with Crippen LogP contribution in [0.2, 0.25) is 0 Å². The second-order valence-corrected chi connectivity index (χ2v) is 1.76. The first-order valence-corrected chi connectivity index (χ1v) is 2.71. The molecule has 2 N–H and O–H groups in total. The van der Waals surface area contributed by atoms with Crippen molar-refractivity contribution in [3.8, 4) is 0 Å². The second-order valence-electron chi connectivity index (χ2n) is 1.76. The van der Waals surface area contributed by atoms with E-state index in [1.54, 1.807) is 17.4 Å². The fraction of sp³-hybridized carbons (Fsp3) is 0. The van der Waals surface area contributed by atoms with Gasteiger partial charge in [-0.3, -0.25) is 0 Å². The monoisotopic (exact) mass is 125 g/mol. The molecule has 0 aliphatic carbocycles. The van der Waals surface area contributed by atoms with Gasteiger partial charge in [0.1, 0.15) is 11.5 Å². The third-order valence-electron chi connectivity index (χ3n) is 1.11. The summed E-state index contributed by atoms with van der Waals surface area (Å²) in [5.41, 5.74) is 0.941. The van der Waals surface area contributed by atoms with Crippen molar-refractivity contribution >= 4 is 5.69 Å². The van der Waals surface area contributed by atoms with Crippen LogP contribution in [0.5, 0.6) is 0 Å². The van der Waals surface area contributed by atoms with Gasteiger partial charge in [-0.05, 0) is 24.3 Å². The zero-order valence-electron chi connectivity index (χ0n) is 4.97. The molecule has 0 saturated heterocycles. The Morgan fingerprint density at radius 1 is 1.22 bits per heavy atom. The van der Waals surface area contributed by atoms with Crippen LogP contribution in [-0.2, 0) is 0 Å². The van der Waals surface area contributed by atoms with E-state index in [1.807, 2.05) is 0 Å². The summed E-state index contributed by atoms with van der Waals surface area (Å²) < 4.78 is 12.2. The molecule has 1 aromatic rings. The number of hydrogen-bond acceptors (Lipinski definition) is 0. The van der Waals surface area contributed by atoms with Crippen molar-refractivity contribution in [2.45, 2.75) is 0 Å². The molecule has 0 radical (unpaired) electrons. The van der Waals surface area contributed by atoms with Gasteiger partial charge in [-0.1, -0.05) is 0 Å². The predicted molar refractivity (Wildman–Crippen MR) is 33.3 cm³/mol. The Morgan fingerprint density at radius 2 is 1.78 bits per heavy atom. The zero-order valence-corrected chi connectivity index (χ0v) is 4.97. The molecule has 0 fully saturated rings. The van der Waals surface area contributed by atoms with Gasteiger partial charge in [-0.2, -0.15) is 0 Å². The largest absolute Gasteiger partial charge is 0.446 e. The van der Waals surface area contributed by atoms with Gasteiger partial charge in [0.15, 0.2) is 0 Å². The molecule has 0 unspecified atom stereocenters. The van der Waals surface area contributed by atoms with E-state index in [9.17, 15) is 4.39 Å². The smallest absolute Gasteiger partial charge is 0.123 e. The van der Waals surface area contributed by atoms with Gasteiger partial charge in [-0.25, -0.2) is 4.39 Å². The van der Waals surface area contributed by atoms with Crippen molar-refractivity contribution in [3.05, 3.63) is 37.1 Å². The normalized spacial score (nSPS) is 9.56. The quantitative estimate of drug-likeness (QED) is 0.422. The summed E-state index contributed by atoms with van der Waals surface area (Å²) in [7, 11) is 3.54. The molecule has 0 spiro atoms. The van der Waals surface area contributed by atoms with Crippen molar-refractivity contribution in [3.63, 3.8) is 0 Å². The minimum Gasteiger partial charge on any atom is -0.446 e. The van der Waals surface area contributed by atoms with E-state index in [2.05, 4.69) is 7.05 Å². The highest BCUT2D eigenvalue weighted by molar-refractivity contribution is 5.27. The van der Waals surface area contributed by atoms with E-state index in [-0.39, 0.29) is 5.82 Å². The molecule has 1 nitrogen and oxygen atoms in total. The summed E-state index contributed by atoms with van der Waals surface area (Å²) in [6, 6.07) is 6.19. The third kappa shape index (κ3) is 1.50. The third-order valence-corrected chi connectivity index (χ3v) is 1.11. The minimum absolute atomic E-state index is 0.208. The Labute approximate surface area is 53.5 Å². The molecule has 0 heterocycles. The highest BCUT2D eigenvalue weighted by atomic mass is 19.1. The lowest BCUT2D eigenvalue weighted by atomic mass is 10.3. The van der Waals surface area contributed by atoms with Gasteiger partial charge in [-0.15, -0.1) is 7.05 Å². The van der Waals surface area contributed by atoms with E-state index in [0.29, 0.717) is 0 Å². The van der Waals surface area contributed by atoms with Crippen molar-refractivity contribution in [1.82, 2.24) is 0 Å². The Balaban J connectivity index is 2.88. The van der Waals surface area contributed by atoms with Gasteiger partial charge in [0.25, 0.3) is 0 Å². The number of halogens is 1. The van der Waals surface area contributed by atoms with Crippen LogP contribution in [0.1, 0.15) is 0 Å². The van der Waals surface area contributed by atoms with Gasteiger partial charge < -0.3 is 5.32 Å². The fourth-order valence-corrected chi connectivity index (χ4v) is 0.599. The average Bonchev–Trinajstić information content (AvgIpc) is 1.90. The highest BCUT2D eigenvalue weighted by Crippen LogP contribution is 2.00. The van der Waals surface area contributed by atoms with Gasteiger partial charge in [0, 0.05) is 0 Å². The molecule has 0 saturated carbocycles. The maximum absolute atomic E-state index is 12.2. The van der Waals surface area contributed by atoms with Crippen LogP contribution in [-0.4, -0.2) is 0 Å². The number of rotatable bonds is 1. The maximum Gasteiger partial charge on any atom is 0.123 e. The zero-order chi connectivity index (χ0) is 6.69. The summed E-state index contributed by atoms with van der Waals surface area (Å²) in [6.07, 6.45) is 0. The first-order chi connectivity index (χ1) is 4.33. The lowest BCUT2D eigenvalue weighted by Crippen LogP contribution is -2.69. The summed E-state index contributed by atoms with van der Waals surface area (Å²) in [6.45, 7) is 0. The Morgan fingerprint density at radius 3 is 2.22 bits per heavy atom. The Kier molecular flexibility index (Phi) is 1.80. The summed E-state index contributed by atoms with van der Waals surface area (Å²) >= 11 is 0. The van der Waals surface area contributed by atoms with Crippen molar-refractivity contribution in [2.75, 3.05) is 0 Å². The van der Waals surface area contributed by atoms with Gasteiger partial charge >= 0.3 is 0 Å². The Hall–Kier alpha value is -0.890. The minimum atomic E-state index is -0.208. The van der Waals surface area contributed by atoms with Crippen LogP contribution in [0.15, 0.2) is 24.3 Å². The van der Waals surface area contributed by atoms with Crippen LogP contribution >= 0.6 is 0 Å². The molecular weight excluding hydrogens is 117 g/mol. The Bertz CT molecular complexity index is 181. The number of benzene rings is 1. The first-order valence-electron chi connectivity index (χ1n) is 2.71. The first kappa shape index (κ1) is 6.23. The van der Waals surface area contributed by atoms with Gasteiger partial charge in [0.05, 0.1) is 0 Å². The summed E-state index contributed by atoms with van der Waals surface area (Å²) in [5.74, 6) is -0.208. The second kappa shape index (κ2) is 2.60. The van der Waals surface area contributed by atoms with E-state index < -0.39 is 0 Å². The van der Waals surface area contributed by atoms with Crippen molar-refractivity contribution in [1.29, 1.82) is 0 Å². The average molecular weight is 125 g/mol. The van der Waals surface area contributed by atoms with E-state index in [4.69, 9.17) is 0 Å². The molecule has 0 aliphatic rings. The molecule has 0 amide bonds.